The minimum absolute atomic E-state index is 0.251. The Balaban J connectivity index is 2.16. The highest BCUT2D eigenvalue weighted by Gasteiger charge is 2.20. The van der Waals surface area contributed by atoms with Crippen LogP contribution < -0.4 is 10.6 Å². The van der Waals surface area contributed by atoms with Gasteiger partial charge in [-0.1, -0.05) is 0 Å². The van der Waals surface area contributed by atoms with Crippen molar-refractivity contribution in [3.05, 3.63) is 47.7 Å². The molecule has 0 unspecified atom stereocenters. The van der Waals surface area contributed by atoms with Crippen molar-refractivity contribution >= 4 is 11.8 Å². The van der Waals surface area contributed by atoms with Crippen LogP contribution in [0.25, 0.3) is 11.1 Å². The van der Waals surface area contributed by atoms with Crippen molar-refractivity contribution in [1.29, 1.82) is 0 Å². The van der Waals surface area contributed by atoms with Gasteiger partial charge in [0.2, 0.25) is 0 Å². The summed E-state index contributed by atoms with van der Waals surface area (Å²) in [7, 11) is 0. The van der Waals surface area contributed by atoms with Gasteiger partial charge in [0.25, 0.3) is 0 Å². The van der Waals surface area contributed by atoms with Crippen LogP contribution in [0.4, 0.5) is 19.4 Å². The molecule has 19 heavy (non-hydrogen) atoms. The highest BCUT2D eigenvalue weighted by atomic mass is 19.1. The summed E-state index contributed by atoms with van der Waals surface area (Å²) < 4.78 is 26.7. The molecule has 2 heterocycles. The maximum atomic E-state index is 13.8. The molecule has 6 heteroatoms. The van der Waals surface area contributed by atoms with Crippen LogP contribution in [0.15, 0.2) is 30.5 Å². The standard InChI is InChI=1S/C13H9F2N3O/c14-7-1-2-9(11(15)5-7)8-3-4-16-12-10(8)6-17-13(19)18-12/h1-5H,6H2,(H2,16,17,18,19). The summed E-state index contributed by atoms with van der Waals surface area (Å²) in [6.45, 7) is 0.251. The first-order valence-electron chi connectivity index (χ1n) is 5.63. The quantitative estimate of drug-likeness (QED) is 0.829. The van der Waals surface area contributed by atoms with Crippen LogP contribution in [-0.2, 0) is 6.54 Å². The Bertz CT molecular complexity index is 673. The summed E-state index contributed by atoms with van der Waals surface area (Å²) in [6, 6.07) is 4.68. The molecular weight excluding hydrogens is 252 g/mol. The molecule has 1 aromatic carbocycles. The number of hydrogen-bond donors (Lipinski definition) is 2. The van der Waals surface area contributed by atoms with Crippen molar-refractivity contribution in [1.82, 2.24) is 10.3 Å². The van der Waals surface area contributed by atoms with Gasteiger partial charge in [0, 0.05) is 29.9 Å². The third-order valence-corrected chi connectivity index (χ3v) is 2.93. The topological polar surface area (TPSA) is 54.0 Å². The van der Waals surface area contributed by atoms with Crippen LogP contribution in [0, 0.1) is 11.6 Å². The molecule has 1 aliphatic rings. The summed E-state index contributed by atoms with van der Waals surface area (Å²) in [4.78, 5) is 15.2. The summed E-state index contributed by atoms with van der Waals surface area (Å²) in [5.41, 5.74) is 1.53. The minimum atomic E-state index is -0.648. The van der Waals surface area contributed by atoms with E-state index >= 15 is 0 Å². The molecule has 2 N–H and O–H groups in total. The van der Waals surface area contributed by atoms with E-state index < -0.39 is 11.6 Å². The van der Waals surface area contributed by atoms with Crippen molar-refractivity contribution in [3.8, 4) is 11.1 Å². The number of hydrogen-bond acceptors (Lipinski definition) is 2. The molecule has 0 aliphatic carbocycles. The van der Waals surface area contributed by atoms with Crippen molar-refractivity contribution in [3.63, 3.8) is 0 Å². The zero-order valence-corrected chi connectivity index (χ0v) is 9.71. The van der Waals surface area contributed by atoms with Gasteiger partial charge in [-0.2, -0.15) is 0 Å². The van der Waals surface area contributed by atoms with E-state index in [4.69, 9.17) is 0 Å². The maximum absolute atomic E-state index is 13.8. The molecule has 0 spiro atoms. The fraction of sp³-hybridized carbons (Fsp3) is 0.0769. The lowest BCUT2D eigenvalue weighted by molar-refractivity contribution is 0.250. The van der Waals surface area contributed by atoms with Gasteiger partial charge in [0.05, 0.1) is 0 Å². The van der Waals surface area contributed by atoms with E-state index in [1.54, 1.807) is 6.07 Å². The number of carbonyl (C=O) groups excluding carboxylic acids is 1. The number of amides is 2. The number of rotatable bonds is 1. The van der Waals surface area contributed by atoms with Crippen molar-refractivity contribution in [2.24, 2.45) is 0 Å². The number of carbonyl (C=O) groups is 1. The van der Waals surface area contributed by atoms with Crippen LogP contribution in [0.3, 0.4) is 0 Å². The smallest absolute Gasteiger partial charge is 0.320 e. The van der Waals surface area contributed by atoms with Gasteiger partial charge in [0.1, 0.15) is 17.5 Å². The molecule has 0 fully saturated rings. The molecule has 4 nitrogen and oxygen atoms in total. The number of anilines is 1. The Kier molecular flexibility index (Phi) is 2.63. The Labute approximate surface area is 107 Å². The third-order valence-electron chi connectivity index (χ3n) is 2.93. The molecule has 1 aromatic heterocycles. The first kappa shape index (κ1) is 11.6. The monoisotopic (exact) mass is 261 g/mol. The number of nitrogens with zero attached hydrogens (tertiary/aromatic N) is 1. The largest absolute Gasteiger partial charge is 0.334 e. The first-order chi connectivity index (χ1) is 9.15. The average molecular weight is 261 g/mol. The average Bonchev–Trinajstić information content (AvgIpc) is 2.38. The van der Waals surface area contributed by atoms with Crippen LogP contribution in [-0.4, -0.2) is 11.0 Å². The first-order valence-corrected chi connectivity index (χ1v) is 5.63. The molecular formula is C13H9F2N3O. The lowest BCUT2D eigenvalue weighted by Crippen LogP contribution is -2.34. The van der Waals surface area contributed by atoms with E-state index in [0.29, 0.717) is 16.9 Å². The molecule has 0 saturated heterocycles. The van der Waals surface area contributed by atoms with Gasteiger partial charge in [-0.05, 0) is 23.8 Å². The number of fused-ring (bicyclic) bond motifs is 1. The van der Waals surface area contributed by atoms with Gasteiger partial charge >= 0.3 is 6.03 Å². The van der Waals surface area contributed by atoms with Gasteiger partial charge < -0.3 is 5.32 Å². The predicted octanol–water partition coefficient (Wildman–Crippen LogP) is 2.66. The summed E-state index contributed by atoms with van der Waals surface area (Å²) in [5, 5.41) is 5.14. The zero-order chi connectivity index (χ0) is 13.4. The Hall–Kier alpha value is -2.50. The lowest BCUT2D eigenvalue weighted by Gasteiger charge is -2.20. The molecule has 2 aromatic rings. The van der Waals surface area contributed by atoms with E-state index in [9.17, 15) is 13.6 Å². The molecule has 1 aliphatic heterocycles. The fourth-order valence-electron chi connectivity index (χ4n) is 2.06. The molecule has 0 atom stereocenters. The number of halogens is 2. The van der Waals surface area contributed by atoms with E-state index in [0.717, 1.165) is 6.07 Å². The SMILES string of the molecule is O=C1NCc2c(-c3ccc(F)cc3F)ccnc2N1. The van der Waals surface area contributed by atoms with E-state index in [2.05, 4.69) is 15.6 Å². The summed E-state index contributed by atoms with van der Waals surface area (Å²) in [5.74, 6) is -0.883. The summed E-state index contributed by atoms with van der Waals surface area (Å²) in [6.07, 6.45) is 1.47. The lowest BCUT2D eigenvalue weighted by atomic mass is 9.99. The van der Waals surface area contributed by atoms with Gasteiger partial charge in [-0.3, -0.25) is 5.32 Å². The van der Waals surface area contributed by atoms with Crippen molar-refractivity contribution < 1.29 is 13.6 Å². The second kappa shape index (κ2) is 4.31. The third kappa shape index (κ3) is 2.01. The Morgan fingerprint density at radius 2 is 2.00 bits per heavy atom. The Morgan fingerprint density at radius 3 is 2.79 bits per heavy atom. The van der Waals surface area contributed by atoms with E-state index in [1.165, 1.54) is 18.3 Å². The van der Waals surface area contributed by atoms with Crippen LogP contribution in [0.2, 0.25) is 0 Å². The van der Waals surface area contributed by atoms with Crippen molar-refractivity contribution in [2.45, 2.75) is 6.54 Å². The molecule has 0 saturated carbocycles. The number of aromatic nitrogens is 1. The number of benzene rings is 1. The van der Waals surface area contributed by atoms with Crippen LogP contribution >= 0.6 is 0 Å². The van der Waals surface area contributed by atoms with E-state index in [-0.39, 0.29) is 18.1 Å². The van der Waals surface area contributed by atoms with Crippen LogP contribution in [0.1, 0.15) is 5.56 Å². The minimum Gasteiger partial charge on any atom is -0.334 e. The number of urea groups is 1. The highest BCUT2D eigenvalue weighted by molar-refractivity contribution is 5.92. The van der Waals surface area contributed by atoms with Gasteiger partial charge in [-0.15, -0.1) is 0 Å². The van der Waals surface area contributed by atoms with Gasteiger partial charge in [0.15, 0.2) is 0 Å². The van der Waals surface area contributed by atoms with Crippen molar-refractivity contribution in [2.75, 3.05) is 5.32 Å². The predicted molar refractivity (Wildman–Crippen MR) is 65.4 cm³/mol. The molecule has 3 rings (SSSR count). The van der Waals surface area contributed by atoms with Crippen LogP contribution in [0.5, 0.6) is 0 Å². The molecule has 96 valence electrons. The highest BCUT2D eigenvalue weighted by Crippen LogP contribution is 2.31. The second-order valence-electron chi connectivity index (χ2n) is 4.12. The second-order valence-corrected chi connectivity index (χ2v) is 4.12. The number of nitrogens with one attached hydrogen (secondary N) is 2. The normalized spacial score (nSPS) is 13.5. The maximum Gasteiger partial charge on any atom is 0.320 e. The van der Waals surface area contributed by atoms with E-state index in [1.807, 2.05) is 0 Å². The Morgan fingerprint density at radius 1 is 1.16 bits per heavy atom. The molecule has 0 bridgehead atoms. The number of pyridine rings is 1. The molecule has 2 amide bonds. The summed E-state index contributed by atoms with van der Waals surface area (Å²) >= 11 is 0. The van der Waals surface area contributed by atoms with Gasteiger partial charge in [-0.25, -0.2) is 18.6 Å². The zero-order valence-electron chi connectivity index (χ0n) is 9.71. The molecule has 0 radical (unpaired) electrons. The fourth-order valence-corrected chi connectivity index (χ4v) is 2.06.